The van der Waals surface area contributed by atoms with Crippen LogP contribution in [0.4, 0.5) is 4.39 Å². The van der Waals surface area contributed by atoms with Gasteiger partial charge in [-0.25, -0.2) is 4.39 Å². The molecule has 1 unspecified atom stereocenters. The van der Waals surface area contributed by atoms with Crippen molar-refractivity contribution in [2.24, 2.45) is 0 Å². The summed E-state index contributed by atoms with van der Waals surface area (Å²) in [6, 6.07) is 7.73. The maximum absolute atomic E-state index is 13.1. The molecule has 19 heavy (non-hydrogen) atoms. The Kier molecular flexibility index (Phi) is 3.67. The number of thiophene rings is 1. The SMILES string of the molecule is Cc1cc(F)ccc1CNC1CCCc2sccc21. The molecule has 3 rings (SSSR count). The normalized spacial score (nSPS) is 18.3. The molecule has 1 aromatic heterocycles. The van der Waals surface area contributed by atoms with E-state index in [1.54, 1.807) is 12.1 Å². The molecule has 1 aliphatic rings. The molecular formula is C16H18FNS. The number of fused-ring (bicyclic) bond motifs is 1. The van der Waals surface area contributed by atoms with Crippen LogP contribution < -0.4 is 5.32 Å². The maximum atomic E-state index is 13.1. The average Bonchev–Trinajstić information content (AvgIpc) is 2.86. The second-order valence-corrected chi connectivity index (χ2v) is 6.20. The van der Waals surface area contributed by atoms with Crippen molar-refractivity contribution >= 4 is 11.3 Å². The Morgan fingerprint density at radius 2 is 2.26 bits per heavy atom. The summed E-state index contributed by atoms with van der Waals surface area (Å²) in [5, 5.41) is 5.81. The van der Waals surface area contributed by atoms with Crippen LogP contribution in [0.3, 0.4) is 0 Å². The summed E-state index contributed by atoms with van der Waals surface area (Å²) in [5.41, 5.74) is 3.67. The molecule has 0 amide bonds. The third-order valence-corrected chi connectivity index (χ3v) is 4.89. The van der Waals surface area contributed by atoms with Gasteiger partial charge in [-0.3, -0.25) is 0 Å². The summed E-state index contributed by atoms with van der Waals surface area (Å²) in [5.74, 6) is -0.154. The van der Waals surface area contributed by atoms with Crippen LogP contribution in [0.15, 0.2) is 29.6 Å². The minimum absolute atomic E-state index is 0.154. The van der Waals surface area contributed by atoms with Crippen molar-refractivity contribution in [3.8, 4) is 0 Å². The first-order chi connectivity index (χ1) is 9.24. The average molecular weight is 275 g/mol. The van der Waals surface area contributed by atoms with E-state index in [-0.39, 0.29) is 5.82 Å². The van der Waals surface area contributed by atoms with Gasteiger partial charge in [0.1, 0.15) is 5.82 Å². The molecule has 1 aromatic carbocycles. The minimum atomic E-state index is -0.154. The molecule has 2 aromatic rings. The van der Waals surface area contributed by atoms with Crippen LogP contribution >= 0.6 is 11.3 Å². The Morgan fingerprint density at radius 1 is 1.37 bits per heavy atom. The zero-order valence-corrected chi connectivity index (χ0v) is 11.9. The van der Waals surface area contributed by atoms with Crippen molar-refractivity contribution < 1.29 is 4.39 Å². The minimum Gasteiger partial charge on any atom is -0.306 e. The van der Waals surface area contributed by atoms with Gasteiger partial charge in [0.15, 0.2) is 0 Å². The quantitative estimate of drug-likeness (QED) is 0.877. The molecule has 1 atom stereocenters. The van der Waals surface area contributed by atoms with Gasteiger partial charge in [-0.05, 0) is 66.5 Å². The Balaban J connectivity index is 1.71. The highest BCUT2D eigenvalue weighted by Gasteiger charge is 2.20. The summed E-state index contributed by atoms with van der Waals surface area (Å²) in [6.07, 6.45) is 3.68. The van der Waals surface area contributed by atoms with E-state index in [2.05, 4.69) is 16.8 Å². The lowest BCUT2D eigenvalue weighted by Crippen LogP contribution is -2.24. The lowest BCUT2D eigenvalue weighted by molar-refractivity contribution is 0.462. The number of hydrogen-bond acceptors (Lipinski definition) is 2. The number of benzene rings is 1. The largest absolute Gasteiger partial charge is 0.306 e. The van der Waals surface area contributed by atoms with Gasteiger partial charge in [-0.1, -0.05) is 6.07 Å². The van der Waals surface area contributed by atoms with Gasteiger partial charge in [0.2, 0.25) is 0 Å². The fourth-order valence-corrected chi connectivity index (χ4v) is 3.78. The second-order valence-electron chi connectivity index (χ2n) is 5.20. The van der Waals surface area contributed by atoms with Gasteiger partial charge in [0, 0.05) is 17.5 Å². The molecule has 0 saturated heterocycles. The molecule has 1 aliphatic carbocycles. The van der Waals surface area contributed by atoms with Crippen molar-refractivity contribution in [3.63, 3.8) is 0 Å². The molecule has 1 heterocycles. The molecule has 100 valence electrons. The van der Waals surface area contributed by atoms with Crippen LogP contribution in [-0.4, -0.2) is 0 Å². The fourth-order valence-electron chi connectivity index (χ4n) is 2.79. The van der Waals surface area contributed by atoms with Gasteiger partial charge in [-0.2, -0.15) is 0 Å². The monoisotopic (exact) mass is 275 g/mol. The van der Waals surface area contributed by atoms with Crippen molar-refractivity contribution in [2.45, 2.75) is 38.8 Å². The molecule has 0 saturated carbocycles. The van der Waals surface area contributed by atoms with Gasteiger partial charge in [-0.15, -0.1) is 11.3 Å². The van der Waals surface area contributed by atoms with Crippen molar-refractivity contribution in [2.75, 3.05) is 0 Å². The highest BCUT2D eigenvalue weighted by Crippen LogP contribution is 2.33. The van der Waals surface area contributed by atoms with E-state index in [4.69, 9.17) is 0 Å². The van der Waals surface area contributed by atoms with Crippen LogP contribution in [0.2, 0.25) is 0 Å². The highest BCUT2D eigenvalue weighted by atomic mass is 32.1. The van der Waals surface area contributed by atoms with Crippen LogP contribution in [0.1, 0.15) is 40.5 Å². The fraction of sp³-hybridized carbons (Fsp3) is 0.375. The van der Waals surface area contributed by atoms with Crippen LogP contribution in [0, 0.1) is 12.7 Å². The highest BCUT2D eigenvalue weighted by molar-refractivity contribution is 7.10. The van der Waals surface area contributed by atoms with E-state index in [1.807, 2.05) is 24.3 Å². The molecule has 0 radical (unpaired) electrons. The van der Waals surface area contributed by atoms with E-state index in [0.29, 0.717) is 6.04 Å². The molecule has 0 aliphatic heterocycles. The maximum Gasteiger partial charge on any atom is 0.123 e. The Labute approximate surface area is 117 Å². The first-order valence-electron chi connectivity index (χ1n) is 6.79. The molecule has 0 bridgehead atoms. The first kappa shape index (κ1) is 12.8. The summed E-state index contributed by atoms with van der Waals surface area (Å²) < 4.78 is 13.1. The number of hydrogen-bond donors (Lipinski definition) is 1. The Bertz CT molecular complexity index is 576. The predicted octanol–water partition coefficient (Wildman–Crippen LogP) is 4.36. The van der Waals surface area contributed by atoms with E-state index in [1.165, 1.54) is 35.3 Å². The lowest BCUT2D eigenvalue weighted by Gasteiger charge is -2.24. The smallest absolute Gasteiger partial charge is 0.123 e. The molecular weight excluding hydrogens is 257 g/mol. The molecule has 3 heteroatoms. The third kappa shape index (κ3) is 2.72. The number of aryl methyl sites for hydroxylation is 2. The predicted molar refractivity (Wildman–Crippen MR) is 78.0 cm³/mol. The van der Waals surface area contributed by atoms with Crippen LogP contribution in [-0.2, 0) is 13.0 Å². The lowest BCUT2D eigenvalue weighted by atomic mass is 9.94. The summed E-state index contributed by atoms with van der Waals surface area (Å²) in [6.45, 7) is 2.78. The van der Waals surface area contributed by atoms with Gasteiger partial charge < -0.3 is 5.32 Å². The molecule has 0 spiro atoms. The van der Waals surface area contributed by atoms with Crippen LogP contribution in [0.25, 0.3) is 0 Å². The van der Waals surface area contributed by atoms with Crippen molar-refractivity contribution in [3.05, 3.63) is 57.0 Å². The first-order valence-corrected chi connectivity index (χ1v) is 7.66. The van der Waals surface area contributed by atoms with E-state index in [0.717, 1.165) is 12.1 Å². The van der Waals surface area contributed by atoms with Crippen molar-refractivity contribution in [1.82, 2.24) is 5.32 Å². The van der Waals surface area contributed by atoms with E-state index in [9.17, 15) is 4.39 Å². The molecule has 1 nitrogen and oxygen atoms in total. The number of rotatable bonds is 3. The number of halogens is 1. The Morgan fingerprint density at radius 3 is 3.11 bits per heavy atom. The van der Waals surface area contributed by atoms with Crippen LogP contribution in [0.5, 0.6) is 0 Å². The second kappa shape index (κ2) is 5.43. The molecule has 1 N–H and O–H groups in total. The van der Waals surface area contributed by atoms with Gasteiger partial charge in [0.25, 0.3) is 0 Å². The van der Waals surface area contributed by atoms with E-state index >= 15 is 0 Å². The van der Waals surface area contributed by atoms with E-state index < -0.39 is 0 Å². The molecule has 0 fully saturated rings. The Hall–Kier alpha value is -1.19. The van der Waals surface area contributed by atoms with Gasteiger partial charge >= 0.3 is 0 Å². The topological polar surface area (TPSA) is 12.0 Å². The summed E-state index contributed by atoms with van der Waals surface area (Å²) in [7, 11) is 0. The zero-order chi connectivity index (χ0) is 13.2. The summed E-state index contributed by atoms with van der Waals surface area (Å²) >= 11 is 1.87. The third-order valence-electron chi connectivity index (χ3n) is 3.90. The number of nitrogens with one attached hydrogen (secondary N) is 1. The van der Waals surface area contributed by atoms with Gasteiger partial charge in [0.05, 0.1) is 0 Å². The van der Waals surface area contributed by atoms with Crippen molar-refractivity contribution in [1.29, 1.82) is 0 Å². The standard InChI is InChI=1S/C16H18FNS/c1-11-9-13(17)6-5-12(11)10-18-15-3-2-4-16-14(15)7-8-19-16/h5-9,15,18H,2-4,10H2,1H3. The summed E-state index contributed by atoms with van der Waals surface area (Å²) in [4.78, 5) is 1.53. The zero-order valence-electron chi connectivity index (χ0n) is 11.1.